The SMILES string of the molecule is CC1CCC(N(C)CCC(O)c2ccc(Br)cc2)CC1. The molecule has 1 aromatic carbocycles. The summed E-state index contributed by atoms with van der Waals surface area (Å²) in [4.78, 5) is 2.44. The molecule has 112 valence electrons. The van der Waals surface area contributed by atoms with Gasteiger partial charge in [-0.1, -0.05) is 35.0 Å². The number of hydrogen-bond donors (Lipinski definition) is 1. The zero-order valence-electron chi connectivity index (χ0n) is 12.6. The molecule has 1 atom stereocenters. The Morgan fingerprint density at radius 2 is 1.80 bits per heavy atom. The van der Waals surface area contributed by atoms with Crippen LogP contribution in [0.15, 0.2) is 28.7 Å². The van der Waals surface area contributed by atoms with Crippen molar-refractivity contribution in [3.63, 3.8) is 0 Å². The molecular formula is C17H26BrNO. The second-order valence-corrected chi connectivity index (χ2v) is 7.17. The summed E-state index contributed by atoms with van der Waals surface area (Å²) in [5.74, 6) is 0.896. The van der Waals surface area contributed by atoms with Crippen LogP contribution in [0.2, 0.25) is 0 Å². The third-order valence-electron chi connectivity index (χ3n) is 4.62. The molecule has 0 radical (unpaired) electrons. The molecule has 1 saturated carbocycles. The molecule has 1 aromatic rings. The van der Waals surface area contributed by atoms with Crippen molar-refractivity contribution in [2.45, 2.75) is 51.2 Å². The summed E-state index contributed by atoms with van der Waals surface area (Å²) in [6.07, 6.45) is 5.78. The average molecular weight is 340 g/mol. The van der Waals surface area contributed by atoms with Gasteiger partial charge in [0.25, 0.3) is 0 Å². The van der Waals surface area contributed by atoms with E-state index in [0.29, 0.717) is 6.04 Å². The second kappa shape index (κ2) is 7.58. The smallest absolute Gasteiger partial charge is 0.0802 e. The Labute approximate surface area is 131 Å². The summed E-state index contributed by atoms with van der Waals surface area (Å²) >= 11 is 3.42. The molecule has 1 aliphatic rings. The molecule has 0 saturated heterocycles. The first-order valence-electron chi connectivity index (χ1n) is 7.70. The van der Waals surface area contributed by atoms with Crippen LogP contribution in [-0.2, 0) is 0 Å². The summed E-state index contributed by atoms with van der Waals surface area (Å²) in [7, 11) is 2.20. The van der Waals surface area contributed by atoms with Gasteiger partial charge >= 0.3 is 0 Å². The molecule has 0 heterocycles. The van der Waals surface area contributed by atoms with E-state index in [1.54, 1.807) is 0 Å². The molecule has 1 aliphatic carbocycles. The van der Waals surface area contributed by atoms with Crippen molar-refractivity contribution in [3.8, 4) is 0 Å². The zero-order chi connectivity index (χ0) is 14.5. The Bertz CT molecular complexity index is 398. The van der Waals surface area contributed by atoms with E-state index in [0.717, 1.165) is 28.9 Å². The van der Waals surface area contributed by atoms with Gasteiger partial charge < -0.3 is 10.0 Å². The maximum Gasteiger partial charge on any atom is 0.0802 e. The number of nitrogens with zero attached hydrogens (tertiary/aromatic N) is 1. The molecule has 0 spiro atoms. The van der Waals surface area contributed by atoms with Crippen molar-refractivity contribution in [1.82, 2.24) is 4.90 Å². The van der Waals surface area contributed by atoms with Gasteiger partial charge in [-0.2, -0.15) is 0 Å². The monoisotopic (exact) mass is 339 g/mol. The Balaban J connectivity index is 1.77. The van der Waals surface area contributed by atoms with E-state index in [9.17, 15) is 5.11 Å². The highest BCUT2D eigenvalue weighted by Crippen LogP contribution is 2.27. The highest BCUT2D eigenvalue weighted by Gasteiger charge is 2.22. The van der Waals surface area contributed by atoms with Gasteiger partial charge in [0.05, 0.1) is 6.10 Å². The lowest BCUT2D eigenvalue weighted by molar-refractivity contribution is 0.119. The molecule has 3 heteroatoms. The Morgan fingerprint density at radius 1 is 1.20 bits per heavy atom. The van der Waals surface area contributed by atoms with Gasteiger partial charge in [-0.05, 0) is 62.8 Å². The molecule has 1 unspecified atom stereocenters. The minimum Gasteiger partial charge on any atom is -0.388 e. The normalized spacial score (nSPS) is 24.9. The summed E-state index contributed by atoms with van der Waals surface area (Å²) in [6, 6.07) is 8.69. The topological polar surface area (TPSA) is 23.5 Å². The van der Waals surface area contributed by atoms with Crippen molar-refractivity contribution in [3.05, 3.63) is 34.3 Å². The number of aliphatic hydroxyl groups is 1. The van der Waals surface area contributed by atoms with E-state index < -0.39 is 0 Å². The lowest BCUT2D eigenvalue weighted by Crippen LogP contribution is -2.35. The first kappa shape index (κ1) is 16.0. The summed E-state index contributed by atoms with van der Waals surface area (Å²) in [5.41, 5.74) is 1.01. The third kappa shape index (κ3) is 4.57. The van der Waals surface area contributed by atoms with Crippen molar-refractivity contribution in [1.29, 1.82) is 0 Å². The molecule has 2 nitrogen and oxygen atoms in total. The van der Waals surface area contributed by atoms with Gasteiger partial charge in [-0.25, -0.2) is 0 Å². The molecule has 20 heavy (non-hydrogen) atoms. The molecular weight excluding hydrogens is 314 g/mol. The summed E-state index contributed by atoms with van der Waals surface area (Å²) in [6.45, 7) is 3.32. The maximum atomic E-state index is 10.3. The van der Waals surface area contributed by atoms with Gasteiger partial charge in [0, 0.05) is 17.1 Å². The maximum absolute atomic E-state index is 10.3. The predicted octanol–water partition coefficient (Wildman–Crippen LogP) is 4.38. The second-order valence-electron chi connectivity index (χ2n) is 6.25. The van der Waals surface area contributed by atoms with E-state index in [4.69, 9.17) is 0 Å². The Hall–Kier alpha value is -0.380. The highest BCUT2D eigenvalue weighted by atomic mass is 79.9. The zero-order valence-corrected chi connectivity index (χ0v) is 14.1. The lowest BCUT2D eigenvalue weighted by atomic mass is 9.86. The van der Waals surface area contributed by atoms with E-state index in [1.807, 2.05) is 24.3 Å². The van der Waals surface area contributed by atoms with Gasteiger partial charge in [0.2, 0.25) is 0 Å². The van der Waals surface area contributed by atoms with Crippen LogP contribution >= 0.6 is 15.9 Å². The van der Waals surface area contributed by atoms with Crippen LogP contribution in [0, 0.1) is 5.92 Å². The predicted molar refractivity (Wildman–Crippen MR) is 87.8 cm³/mol. The number of halogens is 1. The number of hydrogen-bond acceptors (Lipinski definition) is 2. The molecule has 0 aliphatic heterocycles. The van der Waals surface area contributed by atoms with E-state index in [-0.39, 0.29) is 6.10 Å². The van der Waals surface area contributed by atoms with Gasteiger partial charge in [0.1, 0.15) is 0 Å². The van der Waals surface area contributed by atoms with Gasteiger partial charge in [-0.3, -0.25) is 0 Å². The molecule has 0 aromatic heterocycles. The minimum atomic E-state index is -0.354. The van der Waals surface area contributed by atoms with E-state index >= 15 is 0 Å². The number of aliphatic hydroxyl groups excluding tert-OH is 1. The molecule has 0 bridgehead atoms. The minimum absolute atomic E-state index is 0.354. The van der Waals surface area contributed by atoms with Crippen molar-refractivity contribution in [2.24, 2.45) is 5.92 Å². The van der Waals surface area contributed by atoms with Gasteiger partial charge in [0.15, 0.2) is 0 Å². The van der Waals surface area contributed by atoms with Crippen LogP contribution in [0.3, 0.4) is 0 Å². The number of benzene rings is 1. The quantitative estimate of drug-likeness (QED) is 0.860. The van der Waals surface area contributed by atoms with Crippen LogP contribution in [0.5, 0.6) is 0 Å². The fraction of sp³-hybridized carbons (Fsp3) is 0.647. The summed E-state index contributed by atoms with van der Waals surface area (Å²) in [5, 5.41) is 10.3. The molecule has 2 rings (SSSR count). The van der Waals surface area contributed by atoms with Crippen LogP contribution in [0.1, 0.15) is 50.7 Å². The van der Waals surface area contributed by atoms with Crippen LogP contribution in [-0.4, -0.2) is 29.6 Å². The third-order valence-corrected chi connectivity index (χ3v) is 5.15. The molecule has 1 fully saturated rings. The van der Waals surface area contributed by atoms with Crippen LogP contribution in [0.4, 0.5) is 0 Å². The van der Waals surface area contributed by atoms with Crippen molar-refractivity contribution >= 4 is 15.9 Å². The average Bonchev–Trinajstić information content (AvgIpc) is 2.46. The fourth-order valence-electron chi connectivity index (χ4n) is 3.04. The van der Waals surface area contributed by atoms with E-state index in [2.05, 4.69) is 34.8 Å². The standard InChI is InChI=1S/C17H26BrNO/c1-13-3-9-16(10-4-13)19(2)12-11-17(20)14-5-7-15(18)8-6-14/h5-8,13,16-17,20H,3-4,9-12H2,1-2H3. The fourth-order valence-corrected chi connectivity index (χ4v) is 3.31. The van der Waals surface area contributed by atoms with Crippen LogP contribution < -0.4 is 0 Å². The largest absolute Gasteiger partial charge is 0.388 e. The van der Waals surface area contributed by atoms with Crippen molar-refractivity contribution in [2.75, 3.05) is 13.6 Å². The summed E-state index contributed by atoms with van der Waals surface area (Å²) < 4.78 is 1.06. The highest BCUT2D eigenvalue weighted by molar-refractivity contribution is 9.10. The van der Waals surface area contributed by atoms with Gasteiger partial charge in [-0.15, -0.1) is 0 Å². The molecule has 1 N–H and O–H groups in total. The first-order valence-corrected chi connectivity index (χ1v) is 8.49. The van der Waals surface area contributed by atoms with E-state index in [1.165, 1.54) is 25.7 Å². The Morgan fingerprint density at radius 3 is 2.40 bits per heavy atom. The lowest BCUT2D eigenvalue weighted by Gasteiger charge is -2.34. The first-order chi connectivity index (χ1) is 9.56. The Kier molecular flexibility index (Phi) is 6.06. The van der Waals surface area contributed by atoms with Crippen LogP contribution in [0.25, 0.3) is 0 Å². The molecule has 0 amide bonds. The number of rotatable bonds is 5. The van der Waals surface area contributed by atoms with Crippen molar-refractivity contribution < 1.29 is 5.11 Å².